The molecule has 0 saturated heterocycles. The maximum atomic E-state index is 10.6. The van der Waals surface area contributed by atoms with Crippen LogP contribution in [0.4, 0.5) is 0 Å². The minimum Gasteiger partial charge on any atom is -0.477 e. The number of aryl methyl sites for hydroxylation is 1. The SMILES string of the molecule is Cc1nccn1-c1ncc(C(=O)O)s1. The standard InChI is InChI=1S/C8H7N3O2S/c1-5-9-2-3-11(5)8-10-4-6(14-8)7(12)13/h2-4H,1H3,(H,12,13). The molecule has 2 aromatic heterocycles. The van der Waals surface area contributed by atoms with Crippen LogP contribution in [0.5, 0.6) is 0 Å². The lowest BCUT2D eigenvalue weighted by atomic mass is 10.6. The van der Waals surface area contributed by atoms with Crippen LogP contribution in [0.25, 0.3) is 5.13 Å². The van der Waals surface area contributed by atoms with Gasteiger partial charge in [0.2, 0.25) is 0 Å². The molecule has 0 unspecified atom stereocenters. The fourth-order valence-electron chi connectivity index (χ4n) is 1.06. The number of hydrogen-bond donors (Lipinski definition) is 1. The number of carboxylic acid groups (broad SMARTS) is 1. The van der Waals surface area contributed by atoms with Crippen molar-refractivity contribution >= 4 is 17.3 Å². The van der Waals surface area contributed by atoms with Gasteiger partial charge in [0, 0.05) is 12.4 Å². The van der Waals surface area contributed by atoms with E-state index in [9.17, 15) is 4.79 Å². The molecule has 2 aromatic rings. The molecular formula is C8H7N3O2S. The smallest absolute Gasteiger partial charge is 0.347 e. The van der Waals surface area contributed by atoms with Gasteiger partial charge < -0.3 is 5.11 Å². The number of aromatic nitrogens is 3. The number of imidazole rings is 1. The highest BCUT2D eigenvalue weighted by atomic mass is 32.1. The van der Waals surface area contributed by atoms with Crippen molar-refractivity contribution in [1.82, 2.24) is 14.5 Å². The van der Waals surface area contributed by atoms with Crippen molar-refractivity contribution in [1.29, 1.82) is 0 Å². The Morgan fingerprint density at radius 1 is 1.57 bits per heavy atom. The van der Waals surface area contributed by atoms with Gasteiger partial charge in [-0.25, -0.2) is 14.8 Å². The number of carboxylic acids is 1. The van der Waals surface area contributed by atoms with E-state index in [0.29, 0.717) is 5.13 Å². The maximum Gasteiger partial charge on any atom is 0.347 e. The van der Waals surface area contributed by atoms with E-state index < -0.39 is 5.97 Å². The summed E-state index contributed by atoms with van der Waals surface area (Å²) in [6.07, 6.45) is 4.75. The molecule has 0 fully saturated rings. The van der Waals surface area contributed by atoms with E-state index in [1.807, 2.05) is 6.92 Å². The molecule has 14 heavy (non-hydrogen) atoms. The molecule has 0 aliphatic heterocycles. The highest BCUT2D eigenvalue weighted by Gasteiger charge is 2.10. The van der Waals surface area contributed by atoms with Crippen molar-refractivity contribution in [2.45, 2.75) is 6.92 Å². The molecule has 0 aliphatic rings. The monoisotopic (exact) mass is 209 g/mol. The van der Waals surface area contributed by atoms with Gasteiger partial charge in [0.15, 0.2) is 5.13 Å². The molecule has 0 aliphatic carbocycles. The zero-order valence-electron chi connectivity index (χ0n) is 7.34. The molecule has 0 saturated carbocycles. The highest BCUT2D eigenvalue weighted by molar-refractivity contribution is 7.15. The Morgan fingerprint density at radius 2 is 2.36 bits per heavy atom. The first-order chi connectivity index (χ1) is 6.68. The van der Waals surface area contributed by atoms with Crippen LogP contribution in [-0.2, 0) is 0 Å². The maximum absolute atomic E-state index is 10.6. The molecular weight excluding hydrogens is 202 g/mol. The van der Waals surface area contributed by atoms with E-state index in [0.717, 1.165) is 17.2 Å². The first-order valence-corrected chi connectivity index (χ1v) is 4.69. The Morgan fingerprint density at radius 3 is 2.86 bits per heavy atom. The van der Waals surface area contributed by atoms with Crippen LogP contribution >= 0.6 is 11.3 Å². The summed E-state index contributed by atoms with van der Waals surface area (Å²) in [7, 11) is 0. The van der Waals surface area contributed by atoms with Gasteiger partial charge in [-0.15, -0.1) is 0 Å². The van der Waals surface area contributed by atoms with Crippen LogP contribution < -0.4 is 0 Å². The third-order valence-corrected chi connectivity index (χ3v) is 2.72. The van der Waals surface area contributed by atoms with Gasteiger partial charge in [-0.05, 0) is 6.92 Å². The minimum atomic E-state index is -0.952. The molecule has 0 amide bonds. The second kappa shape index (κ2) is 3.22. The molecule has 0 atom stereocenters. The predicted molar refractivity (Wildman–Crippen MR) is 50.9 cm³/mol. The minimum absolute atomic E-state index is 0.230. The Kier molecular flexibility index (Phi) is 2.05. The van der Waals surface area contributed by atoms with Crippen molar-refractivity contribution in [2.24, 2.45) is 0 Å². The Hall–Kier alpha value is -1.69. The summed E-state index contributed by atoms with van der Waals surface area (Å²) in [4.78, 5) is 18.9. The van der Waals surface area contributed by atoms with Crippen LogP contribution in [0.2, 0.25) is 0 Å². The van der Waals surface area contributed by atoms with Gasteiger partial charge in [-0.1, -0.05) is 11.3 Å². The van der Waals surface area contributed by atoms with E-state index in [1.54, 1.807) is 17.0 Å². The van der Waals surface area contributed by atoms with Gasteiger partial charge >= 0.3 is 5.97 Å². The summed E-state index contributed by atoms with van der Waals surface area (Å²) in [6.45, 7) is 1.84. The van der Waals surface area contributed by atoms with Crippen LogP contribution in [0.3, 0.4) is 0 Å². The Balaban J connectivity index is 2.43. The number of thiazole rings is 1. The highest BCUT2D eigenvalue weighted by Crippen LogP contribution is 2.18. The molecule has 0 radical (unpaired) electrons. The lowest BCUT2D eigenvalue weighted by molar-refractivity contribution is 0.0702. The zero-order chi connectivity index (χ0) is 10.1. The lowest BCUT2D eigenvalue weighted by Crippen LogP contribution is -1.93. The summed E-state index contributed by atoms with van der Waals surface area (Å²) in [5.74, 6) is -0.164. The van der Waals surface area contributed by atoms with Crippen molar-refractivity contribution < 1.29 is 9.90 Å². The Labute approximate surface area is 83.7 Å². The first kappa shape index (κ1) is 8.89. The Bertz CT molecular complexity index is 474. The topological polar surface area (TPSA) is 68.0 Å². The molecule has 0 bridgehead atoms. The molecule has 6 heteroatoms. The van der Waals surface area contributed by atoms with E-state index in [4.69, 9.17) is 5.11 Å². The molecule has 0 aromatic carbocycles. The number of hydrogen-bond acceptors (Lipinski definition) is 4. The van der Waals surface area contributed by atoms with Crippen LogP contribution in [0.15, 0.2) is 18.6 Å². The van der Waals surface area contributed by atoms with E-state index in [2.05, 4.69) is 9.97 Å². The molecule has 5 nitrogen and oxygen atoms in total. The van der Waals surface area contributed by atoms with Gasteiger partial charge in [0.05, 0.1) is 6.20 Å². The lowest BCUT2D eigenvalue weighted by Gasteiger charge is -1.96. The normalized spacial score (nSPS) is 10.4. The number of rotatable bonds is 2. The summed E-state index contributed by atoms with van der Waals surface area (Å²) >= 11 is 1.13. The van der Waals surface area contributed by atoms with Gasteiger partial charge in [-0.3, -0.25) is 4.57 Å². The first-order valence-electron chi connectivity index (χ1n) is 3.88. The molecule has 72 valence electrons. The fraction of sp³-hybridized carbons (Fsp3) is 0.125. The predicted octanol–water partition coefficient (Wildman–Crippen LogP) is 1.34. The summed E-state index contributed by atoms with van der Waals surface area (Å²) in [6, 6.07) is 0. The molecule has 2 rings (SSSR count). The quantitative estimate of drug-likeness (QED) is 0.810. The number of aromatic carboxylic acids is 1. The van der Waals surface area contributed by atoms with E-state index in [1.165, 1.54) is 6.20 Å². The second-order valence-electron chi connectivity index (χ2n) is 2.66. The summed E-state index contributed by atoms with van der Waals surface area (Å²) in [5, 5.41) is 9.33. The van der Waals surface area contributed by atoms with Crippen molar-refractivity contribution in [3.05, 3.63) is 29.3 Å². The van der Waals surface area contributed by atoms with Crippen LogP contribution in [0, 0.1) is 6.92 Å². The number of nitrogens with zero attached hydrogens (tertiary/aromatic N) is 3. The summed E-state index contributed by atoms with van der Waals surface area (Å²) in [5.41, 5.74) is 0. The van der Waals surface area contributed by atoms with Crippen LogP contribution in [-0.4, -0.2) is 25.6 Å². The van der Waals surface area contributed by atoms with E-state index >= 15 is 0 Å². The third kappa shape index (κ3) is 1.39. The fourth-order valence-corrected chi connectivity index (χ4v) is 1.84. The molecule has 0 spiro atoms. The average molecular weight is 209 g/mol. The number of carbonyl (C=O) groups is 1. The molecule has 1 N–H and O–H groups in total. The van der Waals surface area contributed by atoms with Crippen molar-refractivity contribution in [3.63, 3.8) is 0 Å². The molecule has 2 heterocycles. The largest absolute Gasteiger partial charge is 0.477 e. The van der Waals surface area contributed by atoms with Gasteiger partial charge in [-0.2, -0.15) is 0 Å². The average Bonchev–Trinajstić information content (AvgIpc) is 2.71. The zero-order valence-corrected chi connectivity index (χ0v) is 8.15. The van der Waals surface area contributed by atoms with Crippen molar-refractivity contribution in [2.75, 3.05) is 0 Å². The van der Waals surface area contributed by atoms with Crippen molar-refractivity contribution in [3.8, 4) is 5.13 Å². The second-order valence-corrected chi connectivity index (χ2v) is 3.67. The third-order valence-electron chi connectivity index (χ3n) is 1.74. The van der Waals surface area contributed by atoms with Gasteiger partial charge in [0.25, 0.3) is 0 Å². The summed E-state index contributed by atoms with van der Waals surface area (Å²) < 4.78 is 1.75. The van der Waals surface area contributed by atoms with E-state index in [-0.39, 0.29) is 4.88 Å². The van der Waals surface area contributed by atoms with Crippen LogP contribution in [0.1, 0.15) is 15.5 Å². The van der Waals surface area contributed by atoms with Gasteiger partial charge in [0.1, 0.15) is 10.7 Å².